The number of nitrogens with one attached hydrogen (secondary N) is 2. The van der Waals surface area contributed by atoms with Gasteiger partial charge in [-0.05, 0) is 54.6 Å². The molecule has 0 amide bonds. The molecular formula is C19H25N3O. The van der Waals surface area contributed by atoms with Gasteiger partial charge in [0.2, 0.25) is 0 Å². The molecular weight excluding hydrogens is 286 g/mol. The first-order valence-electron chi connectivity index (χ1n) is 9.04. The van der Waals surface area contributed by atoms with Crippen molar-refractivity contribution >= 4 is 5.96 Å². The Balaban J connectivity index is 1.16. The van der Waals surface area contributed by atoms with Crippen LogP contribution in [0, 0.1) is 11.8 Å². The fraction of sp³-hybridized carbons (Fsp3) is 0.632. The van der Waals surface area contributed by atoms with E-state index in [0.717, 1.165) is 36.7 Å². The van der Waals surface area contributed by atoms with Gasteiger partial charge in [0.25, 0.3) is 0 Å². The topological polar surface area (TPSA) is 45.7 Å². The minimum atomic E-state index is 0.394. The monoisotopic (exact) mass is 311 g/mol. The van der Waals surface area contributed by atoms with E-state index in [1.54, 1.807) is 11.1 Å². The van der Waals surface area contributed by atoms with E-state index in [-0.39, 0.29) is 0 Å². The molecule has 122 valence electrons. The van der Waals surface area contributed by atoms with Gasteiger partial charge in [-0.1, -0.05) is 24.3 Å². The average molecular weight is 311 g/mol. The minimum Gasteiger partial charge on any atom is -0.373 e. The largest absolute Gasteiger partial charge is 0.373 e. The molecule has 1 aromatic rings. The van der Waals surface area contributed by atoms with Gasteiger partial charge >= 0.3 is 0 Å². The predicted molar refractivity (Wildman–Crippen MR) is 90.7 cm³/mol. The van der Waals surface area contributed by atoms with E-state index in [4.69, 9.17) is 4.74 Å². The second-order valence-corrected chi connectivity index (χ2v) is 7.57. The van der Waals surface area contributed by atoms with Crippen molar-refractivity contribution in [2.45, 2.75) is 49.9 Å². The third-order valence-electron chi connectivity index (χ3n) is 6.36. The molecule has 2 aliphatic heterocycles. The Morgan fingerprint density at radius 2 is 2.22 bits per heavy atom. The van der Waals surface area contributed by atoms with Crippen LogP contribution < -0.4 is 10.6 Å². The van der Waals surface area contributed by atoms with Gasteiger partial charge in [-0.3, -0.25) is 4.99 Å². The van der Waals surface area contributed by atoms with Gasteiger partial charge in [0, 0.05) is 13.6 Å². The summed E-state index contributed by atoms with van der Waals surface area (Å²) in [6, 6.07) is 9.40. The highest BCUT2D eigenvalue weighted by molar-refractivity contribution is 5.80. The number of nitrogens with zero attached hydrogens (tertiary/aromatic N) is 1. The summed E-state index contributed by atoms with van der Waals surface area (Å²) >= 11 is 0. The van der Waals surface area contributed by atoms with Crippen molar-refractivity contribution in [1.29, 1.82) is 0 Å². The first kappa shape index (κ1) is 13.8. The Morgan fingerprint density at radius 3 is 3.00 bits per heavy atom. The quantitative estimate of drug-likeness (QED) is 0.663. The van der Waals surface area contributed by atoms with E-state index in [2.05, 4.69) is 39.9 Å². The second kappa shape index (κ2) is 5.23. The third kappa shape index (κ3) is 2.26. The second-order valence-electron chi connectivity index (χ2n) is 7.57. The maximum Gasteiger partial charge on any atom is 0.191 e. The van der Waals surface area contributed by atoms with Crippen molar-refractivity contribution in [3.63, 3.8) is 0 Å². The summed E-state index contributed by atoms with van der Waals surface area (Å²) in [6.45, 7) is 1.03. The van der Waals surface area contributed by atoms with Crippen molar-refractivity contribution in [2.24, 2.45) is 16.8 Å². The predicted octanol–water partition coefficient (Wildman–Crippen LogP) is 2.06. The zero-order valence-electron chi connectivity index (χ0n) is 13.7. The molecule has 2 bridgehead atoms. The molecule has 1 saturated carbocycles. The van der Waals surface area contributed by atoms with E-state index >= 15 is 0 Å². The number of ether oxygens (including phenoxy) is 1. The van der Waals surface area contributed by atoms with Gasteiger partial charge < -0.3 is 15.4 Å². The van der Waals surface area contributed by atoms with E-state index in [1.807, 2.05) is 7.05 Å². The van der Waals surface area contributed by atoms with Crippen LogP contribution in [-0.4, -0.2) is 37.8 Å². The molecule has 0 radical (unpaired) electrons. The van der Waals surface area contributed by atoms with Gasteiger partial charge in [0.1, 0.15) is 0 Å². The number of hydrogen-bond donors (Lipinski definition) is 2. The summed E-state index contributed by atoms with van der Waals surface area (Å²) < 4.78 is 5.92. The Bertz CT molecular complexity index is 643. The lowest BCUT2D eigenvalue weighted by molar-refractivity contribution is 0.0992. The molecule has 0 aromatic heterocycles. The third-order valence-corrected chi connectivity index (χ3v) is 6.36. The maximum absolute atomic E-state index is 5.92. The first-order valence-corrected chi connectivity index (χ1v) is 9.04. The number of rotatable bonds is 3. The van der Waals surface area contributed by atoms with Gasteiger partial charge in [-0.2, -0.15) is 0 Å². The summed E-state index contributed by atoms with van der Waals surface area (Å²) in [6.07, 6.45) is 5.70. The smallest absolute Gasteiger partial charge is 0.191 e. The summed E-state index contributed by atoms with van der Waals surface area (Å²) in [5, 5.41) is 7.14. The molecule has 2 aliphatic carbocycles. The number of fused-ring (bicyclic) bond motifs is 5. The van der Waals surface area contributed by atoms with Crippen molar-refractivity contribution in [2.75, 3.05) is 13.6 Å². The fourth-order valence-electron chi connectivity index (χ4n) is 5.14. The zero-order valence-corrected chi connectivity index (χ0v) is 13.7. The molecule has 5 rings (SSSR count). The van der Waals surface area contributed by atoms with Gasteiger partial charge in [-0.25, -0.2) is 0 Å². The Kier molecular flexibility index (Phi) is 3.15. The van der Waals surface area contributed by atoms with Crippen LogP contribution in [0.5, 0.6) is 0 Å². The van der Waals surface area contributed by atoms with Crippen molar-refractivity contribution in [1.82, 2.24) is 10.6 Å². The molecule has 6 unspecified atom stereocenters. The standard InChI is InChI=1S/C19H25N3O/c1-20-19(22-16-9-12-6-7-17(16)23-12)21-10-15-14-8-11-4-2-3-5-13(11)18(14)15/h2-5,12,14-18H,6-10H2,1H3,(H2,20,21,22). The summed E-state index contributed by atoms with van der Waals surface area (Å²) in [5.74, 6) is 3.36. The molecule has 6 atom stereocenters. The number of benzene rings is 1. The van der Waals surface area contributed by atoms with E-state index in [9.17, 15) is 0 Å². The molecule has 0 spiro atoms. The SMILES string of the molecule is CN=C(NCC1C2Cc3ccccc3C12)NC1CC2CCC1O2. The highest BCUT2D eigenvalue weighted by Crippen LogP contribution is 2.60. The summed E-state index contributed by atoms with van der Waals surface area (Å²) in [7, 11) is 1.87. The molecule has 4 nitrogen and oxygen atoms in total. The lowest BCUT2D eigenvalue weighted by atomic mass is 9.96. The summed E-state index contributed by atoms with van der Waals surface area (Å²) in [5.41, 5.74) is 3.16. The molecule has 1 aromatic carbocycles. The van der Waals surface area contributed by atoms with Gasteiger partial charge in [-0.15, -0.1) is 0 Å². The fourth-order valence-corrected chi connectivity index (χ4v) is 5.14. The van der Waals surface area contributed by atoms with E-state index in [0.29, 0.717) is 18.2 Å². The Hall–Kier alpha value is -1.55. The van der Waals surface area contributed by atoms with Crippen LogP contribution in [0.15, 0.2) is 29.3 Å². The highest BCUT2D eigenvalue weighted by atomic mass is 16.5. The van der Waals surface area contributed by atoms with Crippen LogP contribution in [0.4, 0.5) is 0 Å². The van der Waals surface area contributed by atoms with Crippen LogP contribution in [0.2, 0.25) is 0 Å². The zero-order chi connectivity index (χ0) is 15.4. The van der Waals surface area contributed by atoms with Crippen LogP contribution in [0.1, 0.15) is 36.3 Å². The minimum absolute atomic E-state index is 0.394. The molecule has 2 N–H and O–H groups in total. The Morgan fingerprint density at radius 1 is 1.30 bits per heavy atom. The first-order chi connectivity index (χ1) is 11.3. The van der Waals surface area contributed by atoms with E-state index < -0.39 is 0 Å². The van der Waals surface area contributed by atoms with Crippen LogP contribution in [0.25, 0.3) is 0 Å². The maximum atomic E-state index is 5.92. The lowest BCUT2D eigenvalue weighted by Crippen LogP contribution is -2.48. The number of hydrogen-bond acceptors (Lipinski definition) is 2. The van der Waals surface area contributed by atoms with Crippen LogP contribution in [-0.2, 0) is 11.2 Å². The van der Waals surface area contributed by atoms with Crippen molar-refractivity contribution in [3.8, 4) is 0 Å². The van der Waals surface area contributed by atoms with Gasteiger partial charge in [0.05, 0.1) is 18.2 Å². The lowest BCUT2D eigenvalue weighted by Gasteiger charge is -2.23. The normalized spacial score (nSPS) is 40.0. The van der Waals surface area contributed by atoms with Crippen LogP contribution in [0.3, 0.4) is 0 Å². The van der Waals surface area contributed by atoms with Crippen LogP contribution >= 0.6 is 0 Å². The van der Waals surface area contributed by atoms with E-state index in [1.165, 1.54) is 19.3 Å². The molecule has 3 fully saturated rings. The van der Waals surface area contributed by atoms with Crippen molar-refractivity contribution in [3.05, 3.63) is 35.4 Å². The highest BCUT2D eigenvalue weighted by Gasteiger charge is 2.55. The number of guanidine groups is 1. The van der Waals surface area contributed by atoms with Gasteiger partial charge in [0.15, 0.2) is 5.96 Å². The Labute approximate surface area is 137 Å². The molecule has 2 saturated heterocycles. The average Bonchev–Trinajstić information content (AvgIpc) is 2.97. The number of aliphatic imine (C=N–C) groups is 1. The van der Waals surface area contributed by atoms with Crippen molar-refractivity contribution < 1.29 is 4.74 Å². The molecule has 4 aliphatic rings. The molecule has 4 heteroatoms. The summed E-state index contributed by atoms with van der Waals surface area (Å²) in [4.78, 5) is 4.41. The molecule has 2 heterocycles. The molecule has 23 heavy (non-hydrogen) atoms.